The van der Waals surface area contributed by atoms with Gasteiger partial charge in [0.05, 0.1) is 12.8 Å². The van der Waals surface area contributed by atoms with E-state index in [2.05, 4.69) is 16.4 Å². The number of rotatable bonds is 9. The zero-order valence-electron chi connectivity index (χ0n) is 19.0. The van der Waals surface area contributed by atoms with Crippen molar-refractivity contribution in [3.05, 3.63) is 64.6 Å². The molecule has 0 radical (unpaired) electrons. The molecule has 1 atom stereocenters. The first kappa shape index (κ1) is 22.9. The molecule has 2 aromatic carbocycles. The van der Waals surface area contributed by atoms with Crippen LogP contribution in [0.2, 0.25) is 0 Å². The van der Waals surface area contributed by atoms with Gasteiger partial charge in [-0.1, -0.05) is 49.4 Å². The van der Waals surface area contributed by atoms with E-state index in [-0.39, 0.29) is 18.1 Å². The van der Waals surface area contributed by atoms with Gasteiger partial charge in [0.2, 0.25) is 0 Å². The van der Waals surface area contributed by atoms with Crippen LogP contribution in [0.5, 0.6) is 0 Å². The highest BCUT2D eigenvalue weighted by Gasteiger charge is 2.17. The molecule has 0 aliphatic heterocycles. The van der Waals surface area contributed by atoms with Crippen LogP contribution >= 0.6 is 11.8 Å². The molecule has 0 amide bonds. The number of esters is 1. The monoisotopic (exact) mass is 465 g/mol. The van der Waals surface area contributed by atoms with E-state index >= 15 is 0 Å². The molecule has 0 saturated heterocycles. The number of nitrogens with zero attached hydrogens (tertiary/aromatic N) is 2. The van der Waals surface area contributed by atoms with Crippen molar-refractivity contribution in [3.63, 3.8) is 0 Å². The summed E-state index contributed by atoms with van der Waals surface area (Å²) in [5.41, 5.74) is 2.70. The Morgan fingerprint density at radius 2 is 2.00 bits per heavy atom. The van der Waals surface area contributed by atoms with Gasteiger partial charge in [-0.25, -0.2) is 4.98 Å². The summed E-state index contributed by atoms with van der Waals surface area (Å²) in [5, 5.41) is 5.81. The number of benzene rings is 2. The van der Waals surface area contributed by atoms with E-state index in [1.54, 1.807) is 0 Å². The predicted octanol–water partition coefficient (Wildman–Crippen LogP) is 5.38. The van der Waals surface area contributed by atoms with Gasteiger partial charge in [-0.05, 0) is 43.4 Å². The lowest BCUT2D eigenvalue weighted by Crippen LogP contribution is -2.30. The fourth-order valence-electron chi connectivity index (χ4n) is 3.71. The van der Waals surface area contributed by atoms with Gasteiger partial charge in [-0.3, -0.25) is 14.2 Å². The molecule has 1 N–H and O–H groups in total. The zero-order valence-corrected chi connectivity index (χ0v) is 19.8. The summed E-state index contributed by atoms with van der Waals surface area (Å²) in [5.74, 6) is -0.440. The Balaban J connectivity index is 1.58. The van der Waals surface area contributed by atoms with Crippen LogP contribution in [0.1, 0.15) is 38.3 Å². The second-order valence-corrected chi connectivity index (χ2v) is 8.62. The van der Waals surface area contributed by atoms with Crippen LogP contribution in [0.3, 0.4) is 0 Å². The van der Waals surface area contributed by atoms with Crippen molar-refractivity contribution in [1.82, 2.24) is 9.55 Å². The normalized spacial score (nSPS) is 12.2. The first-order valence-corrected chi connectivity index (χ1v) is 12.2. The minimum Gasteiger partial charge on any atom is -0.464 e. The maximum atomic E-state index is 13.2. The largest absolute Gasteiger partial charge is 0.464 e. The minimum absolute atomic E-state index is 0.164. The number of thioether (sulfide) groups is 1. The van der Waals surface area contributed by atoms with Gasteiger partial charge in [0.15, 0.2) is 5.16 Å². The van der Waals surface area contributed by atoms with E-state index in [4.69, 9.17) is 9.15 Å². The van der Waals surface area contributed by atoms with E-state index in [0.717, 1.165) is 40.3 Å². The number of anilines is 1. The maximum absolute atomic E-state index is 13.2. The minimum atomic E-state index is -0.440. The van der Waals surface area contributed by atoms with Crippen molar-refractivity contribution < 1.29 is 13.9 Å². The number of aromatic nitrogens is 2. The van der Waals surface area contributed by atoms with Gasteiger partial charge in [0.25, 0.3) is 5.56 Å². The number of carbonyl (C=O) groups is 1. The molecular formula is C25H27N3O4S. The number of carbonyl (C=O) groups excluding carboxylic acids is 1. The van der Waals surface area contributed by atoms with Crippen LogP contribution in [0.4, 0.5) is 5.69 Å². The van der Waals surface area contributed by atoms with Crippen LogP contribution in [0, 0.1) is 0 Å². The Hall–Kier alpha value is -3.26. The molecule has 33 heavy (non-hydrogen) atoms. The van der Waals surface area contributed by atoms with Crippen molar-refractivity contribution in [3.8, 4) is 0 Å². The molecule has 0 saturated carbocycles. The Morgan fingerprint density at radius 3 is 2.79 bits per heavy atom. The first-order valence-electron chi connectivity index (χ1n) is 11.0. The van der Waals surface area contributed by atoms with E-state index in [9.17, 15) is 9.59 Å². The molecular weight excluding hydrogens is 438 g/mol. The van der Waals surface area contributed by atoms with Crippen molar-refractivity contribution in [2.75, 3.05) is 18.2 Å². The van der Waals surface area contributed by atoms with Gasteiger partial charge < -0.3 is 14.5 Å². The lowest BCUT2D eigenvalue weighted by Gasteiger charge is -2.17. The summed E-state index contributed by atoms with van der Waals surface area (Å²) in [4.78, 5) is 29.7. The summed E-state index contributed by atoms with van der Waals surface area (Å²) in [6, 6.07) is 13.8. The molecule has 2 aromatic heterocycles. The average Bonchev–Trinajstić information content (AvgIpc) is 3.20. The second kappa shape index (κ2) is 10.1. The summed E-state index contributed by atoms with van der Waals surface area (Å²) in [6.45, 7) is 4.20. The van der Waals surface area contributed by atoms with Crippen molar-refractivity contribution in [2.24, 2.45) is 0 Å². The molecule has 4 rings (SSSR count). The third-order valence-corrected chi connectivity index (χ3v) is 6.21. The summed E-state index contributed by atoms with van der Waals surface area (Å²) in [6.07, 6.45) is 5.07. The SMILES string of the molecule is CCCCOC(=O)Cn1c(SC)ncc(N[C@@H](C)c2ccc3oc4ccccc4c3c2)c1=O. The van der Waals surface area contributed by atoms with Crippen LogP contribution in [0.25, 0.3) is 21.9 Å². The third kappa shape index (κ3) is 4.90. The topological polar surface area (TPSA) is 86.4 Å². The third-order valence-electron chi connectivity index (χ3n) is 5.51. The number of para-hydroxylation sites is 1. The molecule has 0 aliphatic rings. The summed E-state index contributed by atoms with van der Waals surface area (Å²) >= 11 is 1.31. The molecule has 172 valence electrons. The van der Waals surface area contributed by atoms with Crippen LogP contribution in [-0.4, -0.2) is 28.4 Å². The number of furan rings is 1. The van der Waals surface area contributed by atoms with E-state index < -0.39 is 5.97 Å². The quantitative estimate of drug-likeness (QED) is 0.154. The number of nitrogens with one attached hydrogen (secondary N) is 1. The van der Waals surface area contributed by atoms with Gasteiger partial charge >= 0.3 is 5.97 Å². The number of unbranched alkanes of at least 4 members (excludes halogenated alkanes) is 1. The second-order valence-electron chi connectivity index (χ2n) is 7.84. The van der Waals surface area contributed by atoms with Crippen molar-refractivity contribution in [2.45, 2.75) is 44.4 Å². The lowest BCUT2D eigenvalue weighted by atomic mass is 10.0. The maximum Gasteiger partial charge on any atom is 0.326 e. The van der Waals surface area contributed by atoms with Crippen LogP contribution in [0.15, 0.2) is 63.0 Å². The summed E-state index contributed by atoms with van der Waals surface area (Å²) < 4.78 is 12.5. The van der Waals surface area contributed by atoms with Crippen LogP contribution < -0.4 is 10.9 Å². The highest BCUT2D eigenvalue weighted by molar-refractivity contribution is 7.98. The number of hydrogen-bond donors (Lipinski definition) is 1. The van der Waals surface area contributed by atoms with Gasteiger partial charge in [-0.15, -0.1) is 0 Å². The van der Waals surface area contributed by atoms with Crippen molar-refractivity contribution >= 4 is 45.4 Å². The number of fused-ring (bicyclic) bond motifs is 3. The average molecular weight is 466 g/mol. The highest BCUT2D eigenvalue weighted by Crippen LogP contribution is 2.31. The molecule has 0 spiro atoms. The first-order chi connectivity index (χ1) is 16.0. The van der Waals surface area contributed by atoms with E-state index in [1.165, 1.54) is 22.5 Å². The van der Waals surface area contributed by atoms with E-state index in [1.807, 2.05) is 56.5 Å². The zero-order chi connectivity index (χ0) is 23.4. The Kier molecular flexibility index (Phi) is 7.03. The molecule has 0 fully saturated rings. The Morgan fingerprint density at radius 1 is 1.21 bits per heavy atom. The van der Waals surface area contributed by atoms with E-state index in [0.29, 0.717) is 17.5 Å². The van der Waals surface area contributed by atoms with Gasteiger partial charge in [0, 0.05) is 16.8 Å². The standard InChI is InChI=1S/C25H27N3O4S/c1-4-5-12-31-23(29)15-28-24(30)20(14-26-25(28)33-3)27-16(2)17-10-11-22-19(13-17)18-8-6-7-9-21(18)32-22/h6-11,13-14,16,27H,4-5,12,15H2,1-3H3/t16-/m0/s1. The Labute approximate surface area is 196 Å². The smallest absolute Gasteiger partial charge is 0.326 e. The molecule has 2 heterocycles. The fraction of sp³-hybridized carbons (Fsp3) is 0.320. The number of ether oxygens (including phenoxy) is 1. The van der Waals surface area contributed by atoms with Gasteiger partial charge in [0.1, 0.15) is 23.4 Å². The predicted molar refractivity (Wildman–Crippen MR) is 132 cm³/mol. The van der Waals surface area contributed by atoms with Crippen molar-refractivity contribution in [1.29, 1.82) is 0 Å². The van der Waals surface area contributed by atoms with Gasteiger partial charge in [-0.2, -0.15) is 0 Å². The molecule has 0 unspecified atom stereocenters. The lowest BCUT2D eigenvalue weighted by molar-refractivity contribution is -0.144. The van der Waals surface area contributed by atoms with Crippen LogP contribution in [-0.2, 0) is 16.1 Å². The summed E-state index contributed by atoms with van der Waals surface area (Å²) in [7, 11) is 0. The fourth-order valence-corrected chi connectivity index (χ4v) is 4.24. The highest BCUT2D eigenvalue weighted by atomic mass is 32.2. The molecule has 4 aromatic rings. The molecule has 0 aliphatic carbocycles. The molecule has 7 nitrogen and oxygen atoms in total. The molecule has 8 heteroatoms. The molecule has 0 bridgehead atoms. The Bertz CT molecular complexity index is 1340. The number of hydrogen-bond acceptors (Lipinski definition) is 7.